The molecule has 0 radical (unpaired) electrons. The molecule has 1 aromatic carbocycles. The number of rotatable bonds is 1. The van der Waals surface area contributed by atoms with Gasteiger partial charge in [0.2, 0.25) is 0 Å². The fourth-order valence-corrected chi connectivity index (χ4v) is 2.68. The lowest BCUT2D eigenvalue weighted by atomic mass is 9.99. The predicted molar refractivity (Wildman–Crippen MR) is 69.6 cm³/mol. The molecule has 2 rings (SSSR count). The van der Waals surface area contributed by atoms with Crippen LogP contribution in [0.2, 0.25) is 10.0 Å². The van der Waals surface area contributed by atoms with Gasteiger partial charge in [0.05, 0.1) is 0 Å². The Bertz CT molecular complexity index is 368. The molecule has 88 valence electrons. The monoisotopic (exact) mass is 258 g/mol. The summed E-state index contributed by atoms with van der Waals surface area (Å²) < 4.78 is 0. The zero-order valence-electron chi connectivity index (χ0n) is 9.34. The second kappa shape index (κ2) is 5.37. The largest absolute Gasteiger partial charge is 0.315 e. The Hall–Kier alpha value is -0.280. The summed E-state index contributed by atoms with van der Waals surface area (Å²) in [6.45, 7) is 4.14. The molecule has 2 nitrogen and oxygen atoms in total. The first-order chi connectivity index (χ1) is 7.66. The summed E-state index contributed by atoms with van der Waals surface area (Å²) in [5.74, 6) is 0.442. The van der Waals surface area contributed by atoms with Crippen molar-refractivity contribution in [1.82, 2.24) is 10.2 Å². The van der Waals surface area contributed by atoms with Crippen LogP contribution in [0.4, 0.5) is 0 Å². The highest BCUT2D eigenvalue weighted by Crippen LogP contribution is 2.28. The van der Waals surface area contributed by atoms with Crippen molar-refractivity contribution in [3.8, 4) is 0 Å². The number of benzene rings is 1. The van der Waals surface area contributed by atoms with E-state index in [0.29, 0.717) is 10.9 Å². The normalized spacial score (nSPS) is 23.1. The van der Waals surface area contributed by atoms with Gasteiger partial charge in [0, 0.05) is 42.1 Å². The maximum absolute atomic E-state index is 6.23. The minimum Gasteiger partial charge on any atom is -0.315 e. The molecule has 0 amide bonds. The Morgan fingerprint density at radius 2 is 2.19 bits per heavy atom. The summed E-state index contributed by atoms with van der Waals surface area (Å²) in [5, 5.41) is 4.91. The van der Waals surface area contributed by atoms with Crippen LogP contribution >= 0.6 is 23.2 Å². The zero-order chi connectivity index (χ0) is 11.5. The minimum absolute atomic E-state index is 0.442. The van der Waals surface area contributed by atoms with E-state index in [2.05, 4.69) is 17.3 Å². The van der Waals surface area contributed by atoms with E-state index in [0.717, 1.165) is 31.2 Å². The molecule has 1 saturated heterocycles. The van der Waals surface area contributed by atoms with Gasteiger partial charge >= 0.3 is 0 Å². The predicted octanol–water partition coefficient (Wildman–Crippen LogP) is 2.61. The van der Waals surface area contributed by atoms with E-state index in [1.54, 1.807) is 0 Å². The van der Waals surface area contributed by atoms with Gasteiger partial charge in [0.1, 0.15) is 0 Å². The smallest absolute Gasteiger partial charge is 0.0456 e. The number of nitrogens with zero attached hydrogens (tertiary/aromatic N) is 1. The SMILES string of the molecule is CN1CCNCC(c2ccc(Cl)cc2Cl)C1. The van der Waals surface area contributed by atoms with Crippen molar-refractivity contribution in [2.45, 2.75) is 5.92 Å². The Kier molecular flexibility index (Phi) is 4.09. The molecule has 0 aliphatic carbocycles. The second-order valence-electron chi connectivity index (χ2n) is 4.33. The van der Waals surface area contributed by atoms with Gasteiger partial charge < -0.3 is 10.2 Å². The Morgan fingerprint density at radius 1 is 1.38 bits per heavy atom. The Labute approximate surface area is 107 Å². The average molecular weight is 259 g/mol. The topological polar surface area (TPSA) is 15.3 Å². The van der Waals surface area contributed by atoms with E-state index in [-0.39, 0.29) is 0 Å². The van der Waals surface area contributed by atoms with Gasteiger partial charge in [-0.15, -0.1) is 0 Å². The third-order valence-corrected chi connectivity index (χ3v) is 3.56. The first-order valence-electron chi connectivity index (χ1n) is 5.51. The molecule has 1 aliphatic heterocycles. The molecule has 4 heteroatoms. The lowest BCUT2D eigenvalue weighted by Gasteiger charge is -2.20. The fourth-order valence-electron chi connectivity index (χ4n) is 2.12. The zero-order valence-corrected chi connectivity index (χ0v) is 10.9. The summed E-state index contributed by atoms with van der Waals surface area (Å²) in [5.41, 5.74) is 1.19. The van der Waals surface area contributed by atoms with Crippen LogP contribution in [0.15, 0.2) is 18.2 Å². The molecule has 1 fully saturated rings. The first-order valence-corrected chi connectivity index (χ1v) is 6.26. The summed E-state index contributed by atoms with van der Waals surface area (Å²) in [6, 6.07) is 5.77. The molecule has 1 atom stereocenters. The molecule has 1 aromatic rings. The van der Waals surface area contributed by atoms with Gasteiger partial charge in [-0.2, -0.15) is 0 Å². The maximum Gasteiger partial charge on any atom is 0.0456 e. The standard InChI is InChI=1S/C12H16Cl2N2/c1-16-5-4-15-7-9(8-16)11-3-2-10(13)6-12(11)14/h2-3,6,9,15H,4-5,7-8H2,1H3. The molecule has 1 unspecified atom stereocenters. The van der Waals surface area contributed by atoms with Crippen LogP contribution in [0.25, 0.3) is 0 Å². The van der Waals surface area contributed by atoms with Crippen LogP contribution in [0, 0.1) is 0 Å². The van der Waals surface area contributed by atoms with E-state index in [4.69, 9.17) is 23.2 Å². The summed E-state index contributed by atoms with van der Waals surface area (Å²) in [7, 11) is 2.14. The quantitative estimate of drug-likeness (QED) is 0.834. The van der Waals surface area contributed by atoms with Crippen LogP contribution in [0.3, 0.4) is 0 Å². The van der Waals surface area contributed by atoms with Crippen molar-refractivity contribution in [2.75, 3.05) is 33.2 Å². The second-order valence-corrected chi connectivity index (χ2v) is 5.17. The molecule has 1 heterocycles. The maximum atomic E-state index is 6.23. The van der Waals surface area contributed by atoms with Gasteiger partial charge in [0.15, 0.2) is 0 Å². The van der Waals surface area contributed by atoms with Gasteiger partial charge in [-0.05, 0) is 24.7 Å². The van der Waals surface area contributed by atoms with Gasteiger partial charge in [-0.3, -0.25) is 0 Å². The summed E-state index contributed by atoms with van der Waals surface area (Å²) >= 11 is 12.1. The molecule has 0 aromatic heterocycles. The first kappa shape index (κ1) is 12.2. The minimum atomic E-state index is 0.442. The molecule has 16 heavy (non-hydrogen) atoms. The fraction of sp³-hybridized carbons (Fsp3) is 0.500. The van der Waals surface area contributed by atoms with Crippen LogP contribution in [-0.2, 0) is 0 Å². The number of likely N-dealkylation sites (N-methyl/N-ethyl adjacent to an activating group) is 1. The Balaban J connectivity index is 2.21. The summed E-state index contributed by atoms with van der Waals surface area (Å²) in [4.78, 5) is 2.33. The number of halogens is 2. The highest BCUT2D eigenvalue weighted by atomic mass is 35.5. The molecular formula is C12H16Cl2N2. The average Bonchev–Trinajstić information content (AvgIpc) is 2.43. The van der Waals surface area contributed by atoms with Crippen molar-refractivity contribution in [3.05, 3.63) is 33.8 Å². The molecule has 1 N–H and O–H groups in total. The number of hydrogen-bond acceptors (Lipinski definition) is 2. The lowest BCUT2D eigenvalue weighted by Crippen LogP contribution is -2.25. The van der Waals surface area contributed by atoms with E-state index < -0.39 is 0 Å². The number of nitrogens with one attached hydrogen (secondary N) is 1. The van der Waals surface area contributed by atoms with Crippen molar-refractivity contribution in [3.63, 3.8) is 0 Å². The van der Waals surface area contributed by atoms with Crippen molar-refractivity contribution in [1.29, 1.82) is 0 Å². The Morgan fingerprint density at radius 3 is 2.94 bits per heavy atom. The van der Waals surface area contributed by atoms with Crippen molar-refractivity contribution in [2.24, 2.45) is 0 Å². The van der Waals surface area contributed by atoms with Gasteiger partial charge in [0.25, 0.3) is 0 Å². The number of hydrogen-bond donors (Lipinski definition) is 1. The van der Waals surface area contributed by atoms with Crippen LogP contribution in [-0.4, -0.2) is 38.1 Å². The summed E-state index contributed by atoms with van der Waals surface area (Å²) in [6.07, 6.45) is 0. The van der Waals surface area contributed by atoms with E-state index in [9.17, 15) is 0 Å². The van der Waals surface area contributed by atoms with Crippen molar-refractivity contribution < 1.29 is 0 Å². The highest BCUT2D eigenvalue weighted by molar-refractivity contribution is 6.35. The molecule has 0 saturated carbocycles. The van der Waals surface area contributed by atoms with Crippen LogP contribution < -0.4 is 5.32 Å². The van der Waals surface area contributed by atoms with Gasteiger partial charge in [-0.25, -0.2) is 0 Å². The lowest BCUT2D eigenvalue weighted by molar-refractivity contribution is 0.342. The molecular weight excluding hydrogens is 243 g/mol. The van der Waals surface area contributed by atoms with E-state index in [1.807, 2.05) is 18.2 Å². The van der Waals surface area contributed by atoms with Crippen molar-refractivity contribution >= 4 is 23.2 Å². The third kappa shape index (κ3) is 2.89. The van der Waals surface area contributed by atoms with Crippen LogP contribution in [0.1, 0.15) is 11.5 Å². The van der Waals surface area contributed by atoms with Gasteiger partial charge in [-0.1, -0.05) is 29.3 Å². The highest BCUT2D eigenvalue weighted by Gasteiger charge is 2.19. The third-order valence-electron chi connectivity index (χ3n) is 3.00. The van der Waals surface area contributed by atoms with E-state index >= 15 is 0 Å². The molecule has 0 bridgehead atoms. The van der Waals surface area contributed by atoms with E-state index in [1.165, 1.54) is 5.56 Å². The molecule has 0 spiro atoms. The molecule has 1 aliphatic rings. The van der Waals surface area contributed by atoms with Crippen LogP contribution in [0.5, 0.6) is 0 Å².